The summed E-state index contributed by atoms with van der Waals surface area (Å²) in [5.74, 6) is -2.07. The lowest BCUT2D eigenvalue weighted by Gasteiger charge is -2.10. The third-order valence-electron chi connectivity index (χ3n) is 2.71. The van der Waals surface area contributed by atoms with E-state index in [2.05, 4.69) is 5.32 Å². The Kier molecular flexibility index (Phi) is 5.09. The summed E-state index contributed by atoms with van der Waals surface area (Å²) in [6, 6.07) is 8.19. The van der Waals surface area contributed by atoms with Gasteiger partial charge in [0.05, 0.1) is 0 Å². The number of hydrogen-bond acceptors (Lipinski definition) is 2. The van der Waals surface area contributed by atoms with E-state index in [1.54, 1.807) is 6.07 Å². The highest BCUT2D eigenvalue weighted by atomic mass is 32.2. The molecule has 1 nitrogen and oxygen atoms in total. The van der Waals surface area contributed by atoms with Crippen LogP contribution in [0.1, 0.15) is 12.5 Å². The van der Waals surface area contributed by atoms with Gasteiger partial charge < -0.3 is 5.32 Å². The Labute approximate surface area is 120 Å². The molecule has 0 aliphatic heterocycles. The van der Waals surface area contributed by atoms with Crippen LogP contribution in [0.3, 0.4) is 0 Å². The topological polar surface area (TPSA) is 12.0 Å². The predicted octanol–water partition coefficient (Wildman–Crippen LogP) is 4.36. The van der Waals surface area contributed by atoms with Gasteiger partial charge in [0.2, 0.25) is 0 Å². The second-order valence-electron chi connectivity index (χ2n) is 4.21. The SMILES string of the molecule is CCNCc1cc(F)ccc1Sc1ccc(F)c(F)c1. The number of halogens is 3. The van der Waals surface area contributed by atoms with Crippen LogP contribution >= 0.6 is 11.8 Å². The average Bonchev–Trinajstić information content (AvgIpc) is 2.43. The van der Waals surface area contributed by atoms with Crippen LogP contribution in [0, 0.1) is 17.5 Å². The molecule has 0 aromatic heterocycles. The van der Waals surface area contributed by atoms with Crippen LogP contribution in [-0.4, -0.2) is 6.54 Å². The molecule has 0 radical (unpaired) electrons. The summed E-state index contributed by atoms with van der Waals surface area (Å²) in [4.78, 5) is 1.40. The average molecular weight is 297 g/mol. The molecule has 0 saturated heterocycles. The first-order valence-electron chi connectivity index (χ1n) is 6.22. The minimum Gasteiger partial charge on any atom is -0.313 e. The van der Waals surface area contributed by atoms with Gasteiger partial charge in [-0.2, -0.15) is 0 Å². The second-order valence-corrected chi connectivity index (χ2v) is 5.33. The van der Waals surface area contributed by atoms with Gasteiger partial charge in [-0.05, 0) is 48.5 Å². The fourth-order valence-electron chi connectivity index (χ4n) is 1.71. The van der Waals surface area contributed by atoms with Crippen LogP contribution in [0.2, 0.25) is 0 Å². The van der Waals surface area contributed by atoms with Crippen LogP contribution in [0.25, 0.3) is 0 Å². The normalized spacial score (nSPS) is 10.8. The van der Waals surface area contributed by atoms with Gasteiger partial charge in [0.15, 0.2) is 11.6 Å². The highest BCUT2D eigenvalue weighted by Gasteiger charge is 2.08. The molecular weight excluding hydrogens is 283 g/mol. The lowest BCUT2D eigenvalue weighted by atomic mass is 10.2. The van der Waals surface area contributed by atoms with Gasteiger partial charge in [-0.15, -0.1) is 0 Å². The molecule has 5 heteroatoms. The molecule has 0 fully saturated rings. The molecule has 0 aliphatic carbocycles. The highest BCUT2D eigenvalue weighted by Crippen LogP contribution is 2.31. The summed E-state index contributed by atoms with van der Waals surface area (Å²) in [5.41, 5.74) is 0.793. The van der Waals surface area contributed by atoms with Gasteiger partial charge in [-0.3, -0.25) is 0 Å². The lowest BCUT2D eigenvalue weighted by Crippen LogP contribution is -2.12. The molecule has 0 unspecified atom stereocenters. The molecule has 2 aromatic carbocycles. The van der Waals surface area contributed by atoms with Crippen molar-refractivity contribution < 1.29 is 13.2 Å². The summed E-state index contributed by atoms with van der Waals surface area (Å²) < 4.78 is 39.4. The van der Waals surface area contributed by atoms with Crippen molar-refractivity contribution >= 4 is 11.8 Å². The molecule has 0 saturated carbocycles. The first-order valence-corrected chi connectivity index (χ1v) is 7.04. The van der Waals surface area contributed by atoms with Crippen molar-refractivity contribution in [3.8, 4) is 0 Å². The molecule has 0 aliphatic rings. The molecule has 0 spiro atoms. The van der Waals surface area contributed by atoms with Crippen LogP contribution in [-0.2, 0) is 6.54 Å². The van der Waals surface area contributed by atoms with Crippen molar-refractivity contribution in [1.29, 1.82) is 0 Å². The summed E-state index contributed by atoms with van der Waals surface area (Å²) >= 11 is 1.28. The third-order valence-corrected chi connectivity index (χ3v) is 3.81. The second kappa shape index (κ2) is 6.81. The van der Waals surface area contributed by atoms with Crippen LogP contribution in [0.4, 0.5) is 13.2 Å². The zero-order chi connectivity index (χ0) is 14.5. The summed E-state index contributed by atoms with van der Waals surface area (Å²) in [5, 5.41) is 3.12. The predicted molar refractivity (Wildman–Crippen MR) is 74.3 cm³/mol. The fourth-order valence-corrected chi connectivity index (χ4v) is 2.66. The maximum Gasteiger partial charge on any atom is 0.159 e. The van der Waals surface area contributed by atoms with Gasteiger partial charge in [0.25, 0.3) is 0 Å². The molecule has 1 N–H and O–H groups in total. The van der Waals surface area contributed by atoms with Gasteiger partial charge >= 0.3 is 0 Å². The van der Waals surface area contributed by atoms with Crippen molar-refractivity contribution in [2.24, 2.45) is 0 Å². The van der Waals surface area contributed by atoms with Crippen LogP contribution in [0.15, 0.2) is 46.2 Å². The quantitative estimate of drug-likeness (QED) is 0.880. The Bertz CT molecular complexity index is 602. The summed E-state index contributed by atoms with van der Waals surface area (Å²) in [7, 11) is 0. The van der Waals surface area contributed by atoms with E-state index in [1.807, 2.05) is 6.92 Å². The molecular formula is C15H14F3NS. The molecule has 0 amide bonds. The van der Waals surface area contributed by atoms with Gasteiger partial charge in [0, 0.05) is 16.3 Å². The number of rotatable bonds is 5. The van der Waals surface area contributed by atoms with E-state index in [0.717, 1.165) is 29.1 Å². The summed E-state index contributed by atoms with van der Waals surface area (Å²) in [6.45, 7) is 3.26. The van der Waals surface area contributed by atoms with Crippen LogP contribution < -0.4 is 5.32 Å². The Morgan fingerprint density at radius 2 is 1.80 bits per heavy atom. The van der Waals surface area contributed by atoms with E-state index >= 15 is 0 Å². The Morgan fingerprint density at radius 3 is 2.50 bits per heavy atom. The maximum absolute atomic E-state index is 13.3. The molecule has 20 heavy (non-hydrogen) atoms. The first-order chi connectivity index (χ1) is 9.60. The van der Waals surface area contributed by atoms with Crippen molar-refractivity contribution in [1.82, 2.24) is 5.32 Å². The van der Waals surface area contributed by atoms with E-state index in [9.17, 15) is 13.2 Å². The van der Waals surface area contributed by atoms with Crippen molar-refractivity contribution in [2.45, 2.75) is 23.3 Å². The van der Waals surface area contributed by atoms with E-state index in [4.69, 9.17) is 0 Å². The number of benzene rings is 2. The van der Waals surface area contributed by atoms with Gasteiger partial charge in [-0.1, -0.05) is 18.7 Å². The maximum atomic E-state index is 13.3. The van der Waals surface area contributed by atoms with E-state index in [1.165, 1.54) is 30.0 Å². The van der Waals surface area contributed by atoms with E-state index in [-0.39, 0.29) is 5.82 Å². The minimum atomic E-state index is -0.884. The van der Waals surface area contributed by atoms with E-state index in [0.29, 0.717) is 11.4 Å². The standard InChI is InChI=1S/C15H14F3NS/c1-2-19-9-10-7-11(16)3-6-15(10)20-12-4-5-13(17)14(18)8-12/h3-8,19H,2,9H2,1H3. The number of hydrogen-bond donors (Lipinski definition) is 1. The van der Waals surface area contributed by atoms with Crippen molar-refractivity contribution in [2.75, 3.05) is 6.54 Å². The van der Waals surface area contributed by atoms with Crippen LogP contribution in [0.5, 0.6) is 0 Å². The van der Waals surface area contributed by atoms with Gasteiger partial charge in [0.1, 0.15) is 5.82 Å². The minimum absolute atomic E-state index is 0.312. The fraction of sp³-hybridized carbons (Fsp3) is 0.200. The number of nitrogens with one attached hydrogen (secondary N) is 1. The monoisotopic (exact) mass is 297 g/mol. The Hall–Kier alpha value is -1.46. The zero-order valence-corrected chi connectivity index (χ0v) is 11.7. The molecule has 2 aromatic rings. The molecule has 0 atom stereocenters. The Balaban J connectivity index is 2.25. The van der Waals surface area contributed by atoms with Gasteiger partial charge in [-0.25, -0.2) is 13.2 Å². The zero-order valence-electron chi connectivity index (χ0n) is 10.9. The molecule has 0 bridgehead atoms. The first kappa shape index (κ1) is 14.9. The van der Waals surface area contributed by atoms with E-state index < -0.39 is 11.6 Å². The highest BCUT2D eigenvalue weighted by molar-refractivity contribution is 7.99. The summed E-state index contributed by atoms with van der Waals surface area (Å²) in [6.07, 6.45) is 0. The third kappa shape index (κ3) is 3.77. The van der Waals surface area contributed by atoms with Crippen molar-refractivity contribution in [3.63, 3.8) is 0 Å². The largest absolute Gasteiger partial charge is 0.313 e. The Morgan fingerprint density at radius 1 is 1.00 bits per heavy atom. The molecule has 2 rings (SSSR count). The molecule has 106 valence electrons. The van der Waals surface area contributed by atoms with Crippen molar-refractivity contribution in [3.05, 3.63) is 59.4 Å². The smallest absolute Gasteiger partial charge is 0.159 e. The lowest BCUT2D eigenvalue weighted by molar-refractivity contribution is 0.506. The molecule has 0 heterocycles.